The van der Waals surface area contributed by atoms with Crippen molar-refractivity contribution in [3.8, 4) is 0 Å². The normalized spacial score (nSPS) is 17.9. The number of carbonyl (C=O) groups is 2. The molecule has 1 aromatic carbocycles. The quantitative estimate of drug-likeness (QED) is 0.697. The van der Waals surface area contributed by atoms with Gasteiger partial charge >= 0.3 is 0 Å². The average Bonchev–Trinajstić information content (AvgIpc) is 2.88. The van der Waals surface area contributed by atoms with Crippen LogP contribution in [0.4, 0.5) is 13.2 Å². The first-order valence-corrected chi connectivity index (χ1v) is 9.70. The molecule has 1 aliphatic heterocycles. The Morgan fingerprint density at radius 1 is 1.20 bits per heavy atom. The molecule has 0 aliphatic carbocycles. The molecular weight excluding hydrogens is 397 g/mol. The van der Waals surface area contributed by atoms with E-state index in [0.717, 1.165) is 11.6 Å². The van der Waals surface area contributed by atoms with E-state index in [1.807, 2.05) is 0 Å². The summed E-state index contributed by atoms with van der Waals surface area (Å²) < 4.78 is 40.4. The third-order valence-electron chi connectivity index (χ3n) is 5.06. The van der Waals surface area contributed by atoms with E-state index in [0.29, 0.717) is 32.0 Å². The minimum Gasteiger partial charge on any atom is -0.354 e. The monoisotopic (exact) mass is 420 g/mol. The van der Waals surface area contributed by atoms with Crippen LogP contribution < -0.4 is 11.1 Å². The molecule has 0 spiro atoms. The second-order valence-electron chi connectivity index (χ2n) is 7.33. The summed E-state index contributed by atoms with van der Waals surface area (Å²) >= 11 is 0. The van der Waals surface area contributed by atoms with Gasteiger partial charge in [-0.25, -0.2) is 13.2 Å². The first kappa shape index (κ1) is 21.8. The van der Waals surface area contributed by atoms with Crippen LogP contribution in [0.5, 0.6) is 0 Å². The lowest BCUT2D eigenvalue weighted by molar-refractivity contribution is -0.139. The number of carbonyl (C=O) groups excluding carboxylic acids is 2. The van der Waals surface area contributed by atoms with E-state index in [2.05, 4.69) is 10.3 Å². The number of nitrogens with two attached hydrogens (primary N) is 1. The van der Waals surface area contributed by atoms with Crippen molar-refractivity contribution in [2.24, 2.45) is 5.73 Å². The predicted molar refractivity (Wildman–Crippen MR) is 104 cm³/mol. The van der Waals surface area contributed by atoms with Crippen molar-refractivity contribution in [3.63, 3.8) is 0 Å². The van der Waals surface area contributed by atoms with Gasteiger partial charge in [-0.2, -0.15) is 0 Å². The van der Waals surface area contributed by atoms with Crippen LogP contribution in [0, 0.1) is 17.5 Å². The van der Waals surface area contributed by atoms with E-state index in [-0.39, 0.29) is 30.2 Å². The molecule has 0 bridgehead atoms. The minimum absolute atomic E-state index is 0.101. The molecule has 2 atom stereocenters. The van der Waals surface area contributed by atoms with Crippen LogP contribution in [-0.2, 0) is 22.4 Å². The highest BCUT2D eigenvalue weighted by atomic mass is 19.2. The lowest BCUT2D eigenvalue weighted by Gasteiger charge is -2.29. The Morgan fingerprint density at radius 3 is 2.63 bits per heavy atom. The lowest BCUT2D eigenvalue weighted by atomic mass is 10.0. The minimum atomic E-state index is -1.28. The van der Waals surface area contributed by atoms with Gasteiger partial charge in [-0.05, 0) is 42.2 Å². The van der Waals surface area contributed by atoms with Crippen LogP contribution in [-0.4, -0.2) is 46.9 Å². The summed E-state index contributed by atoms with van der Waals surface area (Å²) in [6.45, 7) is 0.834. The Bertz CT molecular complexity index is 911. The van der Waals surface area contributed by atoms with E-state index in [4.69, 9.17) is 5.73 Å². The maximum absolute atomic E-state index is 13.9. The number of nitrogens with zero attached hydrogens (tertiary/aromatic N) is 2. The zero-order chi connectivity index (χ0) is 21.7. The number of halogens is 3. The zero-order valence-corrected chi connectivity index (χ0v) is 16.3. The Morgan fingerprint density at radius 2 is 1.90 bits per heavy atom. The molecule has 30 heavy (non-hydrogen) atoms. The molecule has 3 rings (SSSR count). The van der Waals surface area contributed by atoms with Gasteiger partial charge in [-0.3, -0.25) is 14.6 Å². The molecule has 160 valence electrons. The van der Waals surface area contributed by atoms with Gasteiger partial charge in [0, 0.05) is 50.4 Å². The predicted octanol–water partition coefficient (Wildman–Crippen LogP) is 1.72. The van der Waals surface area contributed by atoms with Crippen LogP contribution in [0.2, 0.25) is 0 Å². The number of aromatic nitrogens is 1. The lowest BCUT2D eigenvalue weighted by Crippen LogP contribution is -2.49. The Hall–Kier alpha value is -2.94. The van der Waals surface area contributed by atoms with Gasteiger partial charge < -0.3 is 16.0 Å². The van der Waals surface area contributed by atoms with E-state index < -0.39 is 29.5 Å². The summed E-state index contributed by atoms with van der Waals surface area (Å²) in [5, 5.41) is 2.81. The highest BCUT2D eigenvalue weighted by Gasteiger charge is 2.32. The fourth-order valence-corrected chi connectivity index (χ4v) is 3.54. The highest BCUT2D eigenvalue weighted by molar-refractivity contribution is 5.88. The third kappa shape index (κ3) is 5.35. The molecule has 2 aromatic rings. The molecule has 2 amide bonds. The molecule has 1 aromatic heterocycles. The maximum Gasteiger partial charge on any atom is 0.243 e. The number of hydrogen-bond acceptors (Lipinski definition) is 4. The summed E-state index contributed by atoms with van der Waals surface area (Å²) in [6, 6.07) is 3.25. The Balaban J connectivity index is 1.70. The van der Waals surface area contributed by atoms with Crippen LogP contribution in [0.15, 0.2) is 36.7 Å². The molecule has 1 fully saturated rings. The van der Waals surface area contributed by atoms with Gasteiger partial charge in [0.1, 0.15) is 11.9 Å². The fourth-order valence-electron chi connectivity index (χ4n) is 3.54. The maximum atomic E-state index is 13.9. The first-order valence-electron chi connectivity index (χ1n) is 9.70. The van der Waals surface area contributed by atoms with Crippen molar-refractivity contribution in [2.45, 2.75) is 37.8 Å². The Labute approximate surface area is 172 Å². The van der Waals surface area contributed by atoms with E-state index in [1.54, 1.807) is 24.5 Å². The number of amides is 2. The average molecular weight is 420 g/mol. The largest absolute Gasteiger partial charge is 0.354 e. The number of pyridine rings is 1. The van der Waals surface area contributed by atoms with Gasteiger partial charge in [-0.1, -0.05) is 0 Å². The van der Waals surface area contributed by atoms with E-state index >= 15 is 0 Å². The summed E-state index contributed by atoms with van der Waals surface area (Å²) in [4.78, 5) is 30.9. The van der Waals surface area contributed by atoms with E-state index in [9.17, 15) is 22.8 Å². The molecule has 1 aliphatic rings. The molecular formula is C21H23F3N4O2. The molecule has 1 unspecified atom stereocenters. The van der Waals surface area contributed by atoms with Gasteiger partial charge in [0.2, 0.25) is 11.8 Å². The SMILES string of the molecule is N[C@@H](CC(=O)N1CCCNC(=O)C1Cc1ccncc1)Cc1cc(F)c(F)cc1F. The number of benzene rings is 1. The number of nitrogens with one attached hydrogen (secondary N) is 1. The second kappa shape index (κ2) is 9.71. The molecule has 0 saturated carbocycles. The van der Waals surface area contributed by atoms with Crippen molar-refractivity contribution in [1.29, 1.82) is 0 Å². The first-order chi connectivity index (χ1) is 14.3. The van der Waals surface area contributed by atoms with Crippen LogP contribution in [0.1, 0.15) is 24.0 Å². The van der Waals surface area contributed by atoms with Crippen LogP contribution in [0.25, 0.3) is 0 Å². The summed E-state index contributed by atoms with van der Waals surface area (Å²) in [7, 11) is 0. The molecule has 2 heterocycles. The molecule has 0 radical (unpaired) electrons. The summed E-state index contributed by atoms with van der Waals surface area (Å²) in [5.74, 6) is -3.97. The molecule has 6 nitrogen and oxygen atoms in total. The van der Waals surface area contributed by atoms with Crippen molar-refractivity contribution >= 4 is 11.8 Å². The van der Waals surface area contributed by atoms with Crippen molar-refractivity contribution < 1.29 is 22.8 Å². The van der Waals surface area contributed by atoms with Crippen molar-refractivity contribution in [1.82, 2.24) is 15.2 Å². The zero-order valence-electron chi connectivity index (χ0n) is 16.3. The van der Waals surface area contributed by atoms with Gasteiger partial charge in [0.25, 0.3) is 0 Å². The molecule has 9 heteroatoms. The van der Waals surface area contributed by atoms with Crippen molar-refractivity contribution in [2.75, 3.05) is 13.1 Å². The van der Waals surface area contributed by atoms with Gasteiger partial charge in [-0.15, -0.1) is 0 Å². The molecule has 1 saturated heterocycles. The number of hydrogen-bond donors (Lipinski definition) is 2. The number of rotatable bonds is 6. The summed E-state index contributed by atoms with van der Waals surface area (Å²) in [6.07, 6.45) is 3.86. The highest BCUT2D eigenvalue weighted by Crippen LogP contribution is 2.18. The second-order valence-corrected chi connectivity index (χ2v) is 7.33. The smallest absolute Gasteiger partial charge is 0.243 e. The fraction of sp³-hybridized carbons (Fsp3) is 0.381. The van der Waals surface area contributed by atoms with Crippen LogP contribution in [0.3, 0.4) is 0 Å². The third-order valence-corrected chi connectivity index (χ3v) is 5.06. The Kier molecular flexibility index (Phi) is 7.04. The van der Waals surface area contributed by atoms with Gasteiger partial charge in [0.15, 0.2) is 11.6 Å². The summed E-state index contributed by atoms with van der Waals surface area (Å²) in [5.41, 5.74) is 6.76. The standard InChI is InChI=1S/C21H23F3N4O2/c22-16-12-18(24)17(23)10-14(16)9-15(25)11-20(29)28-7-1-4-27-21(30)19(28)8-13-2-5-26-6-3-13/h2-3,5-6,10,12,15,19H,1,4,7-9,11,25H2,(H,27,30)/t15-,19?/m1/s1. The van der Waals surface area contributed by atoms with Gasteiger partial charge in [0.05, 0.1) is 0 Å². The van der Waals surface area contributed by atoms with Crippen molar-refractivity contribution in [3.05, 3.63) is 65.2 Å². The topological polar surface area (TPSA) is 88.3 Å². The molecule has 3 N–H and O–H groups in total. The van der Waals surface area contributed by atoms with E-state index in [1.165, 1.54) is 4.90 Å². The van der Waals surface area contributed by atoms with Crippen LogP contribution >= 0.6 is 0 Å².